The van der Waals surface area contributed by atoms with Crippen molar-refractivity contribution in [1.29, 1.82) is 0 Å². The second-order valence-electron chi connectivity index (χ2n) is 6.98. The van der Waals surface area contributed by atoms with Crippen LogP contribution < -0.4 is 38.1 Å². The maximum Gasteiger partial charge on any atom is 0.326 e. The number of carboxylic acid groups (broad SMARTS) is 1. The summed E-state index contributed by atoms with van der Waals surface area (Å²) in [7, 11) is 0. The first-order valence-electron chi connectivity index (χ1n) is 9.84. The summed E-state index contributed by atoms with van der Waals surface area (Å²) in [6.07, 6.45) is 2.37. The highest BCUT2D eigenvalue weighted by atomic mass is 16.4. The molecule has 1 aliphatic heterocycles. The number of hydrogen-bond acceptors (Lipinski definition) is 6. The van der Waals surface area contributed by atoms with Crippen molar-refractivity contribution >= 4 is 29.8 Å². The molecule has 1 saturated heterocycles. The minimum atomic E-state index is -1.24. The number of primary amides is 2. The molecule has 6 amide bonds. The standard InChI is InChI=1S/C17H31N7O6/c18-16(29)21-8-2-5-11(23-13(25)10-4-1-7-20-10)14(26)24-12(15(27)28)6-3-9-22-17(19)30/h10-12,20H,1-9H2,(H,23,25)(H,24,26)(H,27,28)(H3,18,21,29)(H3,19,22,30)/t10-,11-,12-/m0/s1. The minimum Gasteiger partial charge on any atom is -0.480 e. The van der Waals surface area contributed by atoms with Crippen molar-refractivity contribution in [2.45, 2.75) is 56.7 Å². The van der Waals surface area contributed by atoms with E-state index in [1.807, 2.05) is 0 Å². The number of carboxylic acids is 1. The van der Waals surface area contributed by atoms with Gasteiger partial charge in [-0.3, -0.25) is 9.59 Å². The van der Waals surface area contributed by atoms with Gasteiger partial charge in [-0.2, -0.15) is 0 Å². The van der Waals surface area contributed by atoms with Crippen LogP contribution in [0.2, 0.25) is 0 Å². The van der Waals surface area contributed by atoms with E-state index in [1.165, 1.54) is 0 Å². The lowest BCUT2D eigenvalue weighted by molar-refractivity contribution is -0.142. The molecule has 13 nitrogen and oxygen atoms in total. The predicted molar refractivity (Wildman–Crippen MR) is 106 cm³/mol. The topological polar surface area (TPSA) is 218 Å². The molecule has 0 unspecified atom stereocenters. The highest BCUT2D eigenvalue weighted by molar-refractivity contribution is 5.91. The molecule has 1 heterocycles. The van der Waals surface area contributed by atoms with Gasteiger partial charge in [-0.15, -0.1) is 0 Å². The molecule has 1 rings (SSSR count). The van der Waals surface area contributed by atoms with Gasteiger partial charge in [0.05, 0.1) is 6.04 Å². The normalized spacial score (nSPS) is 17.4. The van der Waals surface area contributed by atoms with Crippen molar-refractivity contribution in [3.63, 3.8) is 0 Å². The van der Waals surface area contributed by atoms with Gasteiger partial charge in [-0.05, 0) is 45.1 Å². The van der Waals surface area contributed by atoms with Gasteiger partial charge in [-0.25, -0.2) is 14.4 Å². The van der Waals surface area contributed by atoms with E-state index in [4.69, 9.17) is 11.5 Å². The average molecular weight is 429 g/mol. The maximum absolute atomic E-state index is 12.7. The molecule has 1 aliphatic rings. The summed E-state index contributed by atoms with van der Waals surface area (Å²) in [5.41, 5.74) is 9.95. The second kappa shape index (κ2) is 13.2. The van der Waals surface area contributed by atoms with Crippen molar-refractivity contribution in [3.8, 4) is 0 Å². The summed E-state index contributed by atoms with van der Waals surface area (Å²) < 4.78 is 0. The van der Waals surface area contributed by atoms with Crippen molar-refractivity contribution in [2.75, 3.05) is 19.6 Å². The number of urea groups is 2. The highest BCUT2D eigenvalue weighted by Gasteiger charge is 2.29. The summed E-state index contributed by atoms with van der Waals surface area (Å²) in [5, 5.41) is 22.2. The van der Waals surface area contributed by atoms with Gasteiger partial charge in [0.2, 0.25) is 11.8 Å². The third kappa shape index (κ3) is 9.91. The lowest BCUT2D eigenvalue weighted by atomic mass is 10.1. The third-order valence-corrected chi connectivity index (χ3v) is 4.56. The fourth-order valence-corrected chi connectivity index (χ4v) is 3.01. The van der Waals surface area contributed by atoms with Gasteiger partial charge in [0, 0.05) is 13.1 Å². The highest BCUT2D eigenvalue weighted by Crippen LogP contribution is 2.07. The van der Waals surface area contributed by atoms with Crippen LogP contribution in [-0.2, 0) is 14.4 Å². The molecule has 0 aromatic carbocycles. The fraction of sp³-hybridized carbons (Fsp3) is 0.706. The van der Waals surface area contributed by atoms with E-state index < -0.39 is 42.1 Å². The number of carbonyl (C=O) groups excluding carboxylic acids is 4. The number of nitrogens with one attached hydrogen (secondary N) is 5. The van der Waals surface area contributed by atoms with E-state index >= 15 is 0 Å². The molecular weight excluding hydrogens is 398 g/mol. The van der Waals surface area contributed by atoms with Crippen molar-refractivity contribution < 1.29 is 29.1 Å². The molecule has 0 saturated carbocycles. The Balaban J connectivity index is 2.66. The van der Waals surface area contributed by atoms with Crippen molar-refractivity contribution in [3.05, 3.63) is 0 Å². The first-order valence-corrected chi connectivity index (χ1v) is 9.84. The Bertz CT molecular complexity index is 624. The number of hydrogen-bond donors (Lipinski definition) is 8. The zero-order valence-corrected chi connectivity index (χ0v) is 16.7. The van der Waals surface area contributed by atoms with Crippen LogP contribution in [0.3, 0.4) is 0 Å². The van der Waals surface area contributed by atoms with E-state index in [0.717, 1.165) is 6.42 Å². The van der Waals surface area contributed by atoms with Crippen LogP contribution in [-0.4, -0.2) is 72.7 Å². The van der Waals surface area contributed by atoms with Gasteiger partial charge in [-0.1, -0.05) is 0 Å². The van der Waals surface area contributed by atoms with Gasteiger partial charge >= 0.3 is 18.0 Å². The quantitative estimate of drug-likeness (QED) is 0.149. The molecule has 0 radical (unpaired) electrons. The molecule has 3 atom stereocenters. The molecule has 13 heteroatoms. The lowest BCUT2D eigenvalue weighted by Crippen LogP contribution is -2.54. The lowest BCUT2D eigenvalue weighted by Gasteiger charge is -2.23. The number of rotatable bonds is 13. The Labute approximate surface area is 174 Å². The summed E-state index contributed by atoms with van der Waals surface area (Å²) in [6.45, 7) is 1.08. The summed E-state index contributed by atoms with van der Waals surface area (Å²) in [6, 6.07) is -4.00. The average Bonchev–Trinajstić information content (AvgIpc) is 3.20. The molecule has 0 aliphatic carbocycles. The molecule has 0 aromatic heterocycles. The fourth-order valence-electron chi connectivity index (χ4n) is 3.01. The molecule has 0 bridgehead atoms. The van der Waals surface area contributed by atoms with E-state index in [-0.39, 0.29) is 38.3 Å². The molecule has 0 aromatic rings. The van der Waals surface area contributed by atoms with Crippen LogP contribution in [0.15, 0.2) is 0 Å². The van der Waals surface area contributed by atoms with E-state index in [1.54, 1.807) is 0 Å². The smallest absolute Gasteiger partial charge is 0.326 e. The molecule has 30 heavy (non-hydrogen) atoms. The largest absolute Gasteiger partial charge is 0.480 e. The van der Waals surface area contributed by atoms with Crippen molar-refractivity contribution in [1.82, 2.24) is 26.6 Å². The summed E-state index contributed by atoms with van der Waals surface area (Å²) in [5.74, 6) is -2.22. The van der Waals surface area contributed by atoms with Crippen LogP contribution in [0.25, 0.3) is 0 Å². The van der Waals surface area contributed by atoms with Crippen LogP contribution in [0.5, 0.6) is 0 Å². The SMILES string of the molecule is NC(=O)NCCC[C@H](NC(=O)[C@H](CCCNC(N)=O)NC(=O)[C@@H]1CCCN1)C(=O)O. The number of carbonyl (C=O) groups is 5. The number of amides is 6. The first kappa shape index (κ1) is 24.9. The minimum absolute atomic E-state index is 0.0649. The summed E-state index contributed by atoms with van der Waals surface area (Å²) in [4.78, 5) is 58.0. The summed E-state index contributed by atoms with van der Waals surface area (Å²) >= 11 is 0. The zero-order chi connectivity index (χ0) is 22.5. The van der Waals surface area contributed by atoms with Gasteiger partial charge in [0.15, 0.2) is 0 Å². The predicted octanol–water partition coefficient (Wildman–Crippen LogP) is -2.31. The van der Waals surface area contributed by atoms with Crippen LogP contribution >= 0.6 is 0 Å². The molecule has 10 N–H and O–H groups in total. The Hall–Kier alpha value is -3.09. The monoisotopic (exact) mass is 429 g/mol. The third-order valence-electron chi connectivity index (χ3n) is 4.56. The van der Waals surface area contributed by atoms with Crippen molar-refractivity contribution in [2.24, 2.45) is 11.5 Å². The zero-order valence-electron chi connectivity index (χ0n) is 16.7. The van der Waals surface area contributed by atoms with Gasteiger partial charge in [0.25, 0.3) is 0 Å². The Morgan fingerprint density at radius 1 is 0.933 bits per heavy atom. The Kier molecular flexibility index (Phi) is 11.0. The van der Waals surface area contributed by atoms with E-state index in [9.17, 15) is 29.1 Å². The van der Waals surface area contributed by atoms with Gasteiger partial charge < -0.3 is 43.2 Å². The molecule has 0 spiro atoms. The van der Waals surface area contributed by atoms with Crippen LogP contribution in [0, 0.1) is 0 Å². The number of aliphatic carboxylic acids is 1. The van der Waals surface area contributed by atoms with E-state index in [2.05, 4.69) is 26.6 Å². The van der Waals surface area contributed by atoms with Crippen LogP contribution in [0.4, 0.5) is 9.59 Å². The molecular formula is C17H31N7O6. The second-order valence-corrected chi connectivity index (χ2v) is 6.98. The number of nitrogens with two attached hydrogens (primary N) is 2. The maximum atomic E-state index is 12.7. The molecule has 170 valence electrons. The van der Waals surface area contributed by atoms with Crippen LogP contribution in [0.1, 0.15) is 38.5 Å². The Morgan fingerprint density at radius 3 is 1.97 bits per heavy atom. The first-order chi connectivity index (χ1) is 14.2. The molecule has 1 fully saturated rings. The van der Waals surface area contributed by atoms with Gasteiger partial charge in [0.1, 0.15) is 12.1 Å². The Morgan fingerprint density at radius 2 is 1.50 bits per heavy atom. The van der Waals surface area contributed by atoms with E-state index in [0.29, 0.717) is 19.4 Å².